The Balaban J connectivity index is 2.13. The SMILES string of the molecule is CCc1cc([B]OC(C)(C)C(C)(C)O)c(F)cc1OCc1ccccc1. The summed E-state index contributed by atoms with van der Waals surface area (Å²) in [7, 11) is 1.37. The molecule has 26 heavy (non-hydrogen) atoms. The summed E-state index contributed by atoms with van der Waals surface area (Å²) in [5.74, 6) is 0.115. The van der Waals surface area contributed by atoms with Crippen molar-refractivity contribution in [1.29, 1.82) is 0 Å². The summed E-state index contributed by atoms with van der Waals surface area (Å²) in [4.78, 5) is 0. The van der Waals surface area contributed by atoms with Gasteiger partial charge in [-0.2, -0.15) is 0 Å². The van der Waals surface area contributed by atoms with E-state index in [2.05, 4.69) is 0 Å². The molecule has 0 unspecified atom stereocenters. The zero-order chi connectivity index (χ0) is 19.4. The second-order valence-electron chi connectivity index (χ2n) is 7.41. The smallest absolute Gasteiger partial charge is 0.333 e. The number of aliphatic hydroxyl groups is 1. The van der Waals surface area contributed by atoms with Crippen molar-refractivity contribution in [2.45, 2.75) is 58.8 Å². The van der Waals surface area contributed by atoms with E-state index in [1.165, 1.54) is 13.5 Å². The number of hydrogen-bond donors (Lipinski definition) is 1. The van der Waals surface area contributed by atoms with Gasteiger partial charge in [0.15, 0.2) is 0 Å². The summed E-state index contributed by atoms with van der Waals surface area (Å²) in [6.07, 6.45) is 0.708. The van der Waals surface area contributed by atoms with E-state index in [1.54, 1.807) is 33.8 Å². The van der Waals surface area contributed by atoms with Gasteiger partial charge in [0.1, 0.15) is 18.2 Å². The molecule has 1 radical (unpaired) electrons. The third-order valence-electron chi connectivity index (χ3n) is 4.75. The van der Waals surface area contributed by atoms with Gasteiger partial charge >= 0.3 is 7.48 Å². The summed E-state index contributed by atoms with van der Waals surface area (Å²) in [6.45, 7) is 9.23. The highest BCUT2D eigenvalue weighted by Gasteiger charge is 2.36. The Morgan fingerprint density at radius 1 is 1.08 bits per heavy atom. The van der Waals surface area contributed by atoms with Gasteiger partial charge in [0, 0.05) is 6.07 Å². The van der Waals surface area contributed by atoms with Crippen molar-refractivity contribution in [3.63, 3.8) is 0 Å². The first-order valence-corrected chi connectivity index (χ1v) is 8.86. The molecule has 5 heteroatoms. The van der Waals surface area contributed by atoms with Crippen LogP contribution >= 0.6 is 0 Å². The van der Waals surface area contributed by atoms with Crippen LogP contribution in [0.25, 0.3) is 0 Å². The zero-order valence-electron chi connectivity index (χ0n) is 16.2. The molecular formula is C21H27BFO3. The topological polar surface area (TPSA) is 38.7 Å². The number of hydrogen-bond acceptors (Lipinski definition) is 3. The minimum absolute atomic E-state index is 0.339. The predicted molar refractivity (Wildman–Crippen MR) is 103 cm³/mol. The molecule has 0 saturated heterocycles. The molecular weight excluding hydrogens is 330 g/mol. The number of rotatable bonds is 8. The van der Waals surface area contributed by atoms with Gasteiger partial charge in [-0.3, -0.25) is 0 Å². The van der Waals surface area contributed by atoms with Crippen LogP contribution in [-0.4, -0.2) is 23.8 Å². The largest absolute Gasteiger partial charge is 0.489 e. The molecule has 0 amide bonds. The van der Waals surface area contributed by atoms with Crippen LogP contribution in [0.5, 0.6) is 5.75 Å². The van der Waals surface area contributed by atoms with E-state index in [4.69, 9.17) is 9.39 Å². The lowest BCUT2D eigenvalue weighted by Crippen LogP contribution is -2.49. The number of ether oxygens (including phenoxy) is 1. The van der Waals surface area contributed by atoms with Gasteiger partial charge < -0.3 is 14.5 Å². The maximum absolute atomic E-state index is 14.5. The van der Waals surface area contributed by atoms with Crippen LogP contribution in [-0.2, 0) is 17.7 Å². The number of aryl methyl sites for hydroxylation is 1. The lowest BCUT2D eigenvalue weighted by Gasteiger charge is -2.37. The Morgan fingerprint density at radius 3 is 2.31 bits per heavy atom. The normalized spacial score (nSPS) is 12.1. The van der Waals surface area contributed by atoms with E-state index >= 15 is 0 Å². The van der Waals surface area contributed by atoms with E-state index in [1.807, 2.05) is 37.3 Å². The van der Waals surface area contributed by atoms with Gasteiger partial charge in [0.05, 0.1) is 11.2 Å². The molecule has 0 saturated carbocycles. The number of halogens is 1. The minimum Gasteiger partial charge on any atom is -0.489 e. The fourth-order valence-corrected chi connectivity index (χ4v) is 2.21. The van der Waals surface area contributed by atoms with Crippen molar-refractivity contribution in [3.05, 3.63) is 59.4 Å². The van der Waals surface area contributed by atoms with E-state index in [0.717, 1.165) is 11.1 Å². The first kappa shape index (κ1) is 20.5. The molecule has 0 aliphatic carbocycles. The van der Waals surface area contributed by atoms with E-state index in [9.17, 15) is 9.50 Å². The van der Waals surface area contributed by atoms with Crippen LogP contribution in [0, 0.1) is 5.82 Å². The van der Waals surface area contributed by atoms with Gasteiger partial charge in [-0.25, -0.2) is 4.39 Å². The maximum atomic E-state index is 14.5. The van der Waals surface area contributed by atoms with E-state index in [-0.39, 0.29) is 0 Å². The van der Waals surface area contributed by atoms with Crippen molar-refractivity contribution in [2.24, 2.45) is 0 Å². The summed E-state index contributed by atoms with van der Waals surface area (Å²) in [5, 5.41) is 10.2. The van der Waals surface area contributed by atoms with Gasteiger partial charge in [-0.05, 0) is 50.7 Å². The lowest BCUT2D eigenvalue weighted by atomic mass is 9.81. The molecule has 1 N–H and O–H groups in total. The van der Waals surface area contributed by atoms with E-state index < -0.39 is 17.0 Å². The van der Waals surface area contributed by atoms with Crippen molar-refractivity contribution < 1.29 is 18.9 Å². The van der Waals surface area contributed by atoms with Gasteiger partial charge in [-0.15, -0.1) is 0 Å². The molecule has 2 aromatic rings. The Morgan fingerprint density at radius 2 is 1.73 bits per heavy atom. The van der Waals surface area contributed by atoms with Gasteiger partial charge in [0.2, 0.25) is 0 Å². The highest BCUT2D eigenvalue weighted by atomic mass is 19.1. The maximum Gasteiger partial charge on any atom is 0.333 e. The Kier molecular flexibility index (Phi) is 6.48. The van der Waals surface area contributed by atoms with Crippen LogP contribution in [0.2, 0.25) is 0 Å². The third kappa shape index (κ3) is 5.09. The average molecular weight is 357 g/mol. The molecule has 0 spiro atoms. The second kappa shape index (κ2) is 8.23. The van der Waals surface area contributed by atoms with Gasteiger partial charge in [0.25, 0.3) is 0 Å². The van der Waals surface area contributed by atoms with E-state index in [0.29, 0.717) is 24.2 Å². The average Bonchev–Trinajstić information content (AvgIpc) is 2.59. The number of benzene rings is 2. The second-order valence-corrected chi connectivity index (χ2v) is 7.41. The molecule has 2 rings (SSSR count). The Bertz CT molecular complexity index is 724. The molecule has 0 aliphatic heterocycles. The standard InChI is InChI=1S/C21H27BFO3/c1-6-16-12-17(22-26-21(4,5)20(2,3)24)18(23)13-19(16)25-14-15-10-8-7-9-11-15/h7-13,24H,6,14H2,1-5H3. The quantitative estimate of drug-likeness (QED) is 0.731. The van der Waals surface area contributed by atoms with Crippen LogP contribution < -0.4 is 10.2 Å². The molecule has 0 aliphatic rings. The monoisotopic (exact) mass is 357 g/mol. The van der Waals surface area contributed by atoms with Crippen molar-refractivity contribution in [1.82, 2.24) is 0 Å². The fourth-order valence-electron chi connectivity index (χ4n) is 2.21. The fraction of sp³-hybridized carbons (Fsp3) is 0.429. The van der Waals surface area contributed by atoms with Crippen LogP contribution in [0.15, 0.2) is 42.5 Å². The van der Waals surface area contributed by atoms with Crippen molar-refractivity contribution >= 4 is 12.9 Å². The van der Waals surface area contributed by atoms with Crippen molar-refractivity contribution in [3.8, 4) is 5.75 Å². The summed E-state index contributed by atoms with van der Waals surface area (Å²) in [6, 6.07) is 12.9. The molecule has 0 heterocycles. The summed E-state index contributed by atoms with van der Waals surface area (Å²) in [5.41, 5.74) is 0.353. The zero-order valence-corrected chi connectivity index (χ0v) is 16.2. The molecule has 0 fully saturated rings. The molecule has 0 atom stereocenters. The molecule has 0 aromatic heterocycles. The first-order valence-electron chi connectivity index (χ1n) is 8.86. The predicted octanol–water partition coefficient (Wildman–Crippen LogP) is 3.78. The van der Waals surface area contributed by atoms with Gasteiger partial charge in [-0.1, -0.05) is 43.3 Å². The van der Waals surface area contributed by atoms with Crippen LogP contribution in [0.1, 0.15) is 45.7 Å². The lowest BCUT2D eigenvalue weighted by molar-refractivity contribution is -0.0893. The molecule has 2 aromatic carbocycles. The summed E-state index contributed by atoms with van der Waals surface area (Å²) < 4.78 is 26.0. The first-order chi connectivity index (χ1) is 12.1. The molecule has 3 nitrogen and oxygen atoms in total. The molecule has 0 bridgehead atoms. The highest BCUT2D eigenvalue weighted by Crippen LogP contribution is 2.25. The third-order valence-corrected chi connectivity index (χ3v) is 4.75. The summed E-state index contributed by atoms with van der Waals surface area (Å²) >= 11 is 0. The highest BCUT2D eigenvalue weighted by molar-refractivity contribution is 6.47. The van der Waals surface area contributed by atoms with Crippen molar-refractivity contribution in [2.75, 3.05) is 0 Å². The molecule has 139 valence electrons. The Labute approximate surface area is 156 Å². The minimum atomic E-state index is -1.06. The van der Waals surface area contributed by atoms with Crippen LogP contribution in [0.3, 0.4) is 0 Å². The Hall–Kier alpha value is -1.85. The van der Waals surface area contributed by atoms with Crippen LogP contribution in [0.4, 0.5) is 4.39 Å².